The van der Waals surface area contributed by atoms with Crippen LogP contribution in [0.1, 0.15) is 5.56 Å². The molecule has 0 saturated heterocycles. The van der Waals surface area contributed by atoms with Crippen molar-refractivity contribution < 1.29 is 9.84 Å². The van der Waals surface area contributed by atoms with E-state index in [0.29, 0.717) is 11.4 Å². The van der Waals surface area contributed by atoms with Gasteiger partial charge in [-0.05, 0) is 23.8 Å². The van der Waals surface area contributed by atoms with Crippen LogP contribution in [0.2, 0.25) is 0 Å². The van der Waals surface area contributed by atoms with Crippen LogP contribution in [0.4, 0.5) is 5.82 Å². The number of methoxy groups -OCH3 is 1. The average Bonchev–Trinajstić information content (AvgIpc) is 2.39. The maximum absolute atomic E-state index is 9.13. The van der Waals surface area contributed by atoms with Crippen molar-refractivity contribution in [3.63, 3.8) is 0 Å². The quantitative estimate of drug-likeness (QED) is 0.844. The summed E-state index contributed by atoms with van der Waals surface area (Å²) in [5, 5.41) is 9.13. The Balaban J connectivity index is 2.38. The van der Waals surface area contributed by atoms with Crippen molar-refractivity contribution in [2.24, 2.45) is 0 Å². The van der Waals surface area contributed by atoms with Crippen LogP contribution in [-0.2, 0) is 6.61 Å². The van der Waals surface area contributed by atoms with Crippen LogP contribution in [0.25, 0.3) is 11.1 Å². The first kappa shape index (κ1) is 11.4. The van der Waals surface area contributed by atoms with E-state index in [1.807, 2.05) is 30.3 Å². The van der Waals surface area contributed by atoms with E-state index in [2.05, 4.69) is 4.98 Å². The van der Waals surface area contributed by atoms with Crippen molar-refractivity contribution >= 4 is 5.82 Å². The lowest BCUT2D eigenvalue weighted by molar-refractivity contribution is 0.282. The molecule has 0 bridgehead atoms. The summed E-state index contributed by atoms with van der Waals surface area (Å²) in [5.41, 5.74) is 8.20. The number of benzene rings is 1. The summed E-state index contributed by atoms with van der Waals surface area (Å²) in [6, 6.07) is 9.47. The van der Waals surface area contributed by atoms with Crippen LogP contribution in [0.3, 0.4) is 0 Å². The number of anilines is 1. The van der Waals surface area contributed by atoms with Crippen molar-refractivity contribution in [3.05, 3.63) is 42.1 Å². The molecule has 1 aromatic heterocycles. The largest absolute Gasteiger partial charge is 0.497 e. The molecule has 0 aliphatic heterocycles. The molecule has 0 radical (unpaired) electrons. The lowest BCUT2D eigenvalue weighted by atomic mass is 10.1. The summed E-state index contributed by atoms with van der Waals surface area (Å²) in [6.45, 7) is -0.108. The Hall–Kier alpha value is -2.07. The number of nitrogens with two attached hydrogens (primary N) is 1. The van der Waals surface area contributed by atoms with Gasteiger partial charge in [0, 0.05) is 17.3 Å². The Morgan fingerprint density at radius 1 is 1.24 bits per heavy atom. The monoisotopic (exact) mass is 230 g/mol. The molecule has 0 unspecified atom stereocenters. The standard InChI is InChI=1S/C13H14N2O2/c1-17-12-4-2-9(3-5-12)10-6-11(8-16)13(14)15-7-10/h2-7,16H,8H2,1H3,(H2,14,15). The van der Waals surface area contributed by atoms with Gasteiger partial charge in [0.05, 0.1) is 13.7 Å². The summed E-state index contributed by atoms with van der Waals surface area (Å²) in [7, 11) is 1.63. The fourth-order valence-electron chi connectivity index (χ4n) is 1.59. The van der Waals surface area contributed by atoms with Gasteiger partial charge in [-0.25, -0.2) is 4.98 Å². The zero-order chi connectivity index (χ0) is 12.3. The van der Waals surface area contributed by atoms with Crippen LogP contribution in [0.15, 0.2) is 36.5 Å². The van der Waals surface area contributed by atoms with Gasteiger partial charge in [-0.15, -0.1) is 0 Å². The minimum Gasteiger partial charge on any atom is -0.497 e. The van der Waals surface area contributed by atoms with Crippen molar-refractivity contribution in [3.8, 4) is 16.9 Å². The third-order valence-corrected chi connectivity index (χ3v) is 2.60. The number of hydrogen-bond donors (Lipinski definition) is 2. The van der Waals surface area contributed by atoms with E-state index in [4.69, 9.17) is 15.6 Å². The Morgan fingerprint density at radius 2 is 1.94 bits per heavy atom. The zero-order valence-electron chi connectivity index (χ0n) is 9.55. The molecule has 2 aromatic rings. The summed E-state index contributed by atoms with van der Waals surface area (Å²) >= 11 is 0. The van der Waals surface area contributed by atoms with E-state index in [9.17, 15) is 0 Å². The van der Waals surface area contributed by atoms with Gasteiger partial charge in [0.2, 0.25) is 0 Å². The molecule has 2 rings (SSSR count). The number of ether oxygens (including phenoxy) is 1. The second-order valence-electron chi connectivity index (χ2n) is 3.65. The zero-order valence-corrected chi connectivity index (χ0v) is 9.55. The van der Waals surface area contributed by atoms with Crippen molar-refractivity contribution in [2.75, 3.05) is 12.8 Å². The SMILES string of the molecule is COc1ccc(-c2cnc(N)c(CO)c2)cc1. The van der Waals surface area contributed by atoms with Crippen LogP contribution in [-0.4, -0.2) is 17.2 Å². The van der Waals surface area contributed by atoms with Crippen LogP contribution >= 0.6 is 0 Å². The van der Waals surface area contributed by atoms with Crippen molar-refractivity contribution in [1.82, 2.24) is 4.98 Å². The molecule has 0 spiro atoms. The molecule has 4 nitrogen and oxygen atoms in total. The van der Waals surface area contributed by atoms with Gasteiger partial charge in [0.15, 0.2) is 0 Å². The molecule has 0 fully saturated rings. The Kier molecular flexibility index (Phi) is 3.25. The topological polar surface area (TPSA) is 68.4 Å². The van der Waals surface area contributed by atoms with E-state index in [1.165, 1.54) is 0 Å². The van der Waals surface area contributed by atoms with Crippen LogP contribution < -0.4 is 10.5 Å². The maximum Gasteiger partial charge on any atom is 0.128 e. The molecule has 1 aromatic carbocycles. The van der Waals surface area contributed by atoms with E-state index in [-0.39, 0.29) is 6.61 Å². The Morgan fingerprint density at radius 3 is 2.53 bits per heavy atom. The number of nitrogen functional groups attached to an aromatic ring is 1. The Bertz CT molecular complexity index is 509. The van der Waals surface area contributed by atoms with E-state index >= 15 is 0 Å². The summed E-state index contributed by atoms with van der Waals surface area (Å²) in [6.07, 6.45) is 1.69. The van der Waals surface area contributed by atoms with Crippen molar-refractivity contribution in [2.45, 2.75) is 6.61 Å². The number of pyridine rings is 1. The lowest BCUT2D eigenvalue weighted by Gasteiger charge is -2.06. The fourth-order valence-corrected chi connectivity index (χ4v) is 1.59. The number of aliphatic hydroxyl groups excluding tert-OH is 1. The molecule has 0 atom stereocenters. The molecule has 0 amide bonds. The molecule has 17 heavy (non-hydrogen) atoms. The van der Waals surface area contributed by atoms with E-state index < -0.39 is 0 Å². The molecular weight excluding hydrogens is 216 g/mol. The first-order chi connectivity index (χ1) is 8.24. The molecule has 1 heterocycles. The van der Waals surface area contributed by atoms with Gasteiger partial charge < -0.3 is 15.6 Å². The molecule has 88 valence electrons. The molecule has 0 saturated carbocycles. The number of aliphatic hydroxyl groups is 1. The summed E-state index contributed by atoms with van der Waals surface area (Å²) in [4.78, 5) is 4.06. The molecular formula is C13H14N2O2. The highest BCUT2D eigenvalue weighted by atomic mass is 16.5. The summed E-state index contributed by atoms with van der Waals surface area (Å²) < 4.78 is 5.09. The minimum absolute atomic E-state index is 0.108. The number of nitrogens with zero attached hydrogens (tertiary/aromatic N) is 1. The number of rotatable bonds is 3. The predicted molar refractivity (Wildman–Crippen MR) is 66.6 cm³/mol. The molecule has 0 aliphatic carbocycles. The minimum atomic E-state index is -0.108. The second kappa shape index (κ2) is 4.84. The first-order valence-corrected chi connectivity index (χ1v) is 5.24. The van der Waals surface area contributed by atoms with Crippen LogP contribution in [0.5, 0.6) is 5.75 Å². The lowest BCUT2D eigenvalue weighted by Crippen LogP contribution is -1.97. The highest BCUT2D eigenvalue weighted by molar-refractivity contribution is 5.65. The molecule has 4 heteroatoms. The first-order valence-electron chi connectivity index (χ1n) is 5.24. The maximum atomic E-state index is 9.13. The molecule has 0 aliphatic rings. The highest BCUT2D eigenvalue weighted by Crippen LogP contribution is 2.24. The smallest absolute Gasteiger partial charge is 0.128 e. The van der Waals surface area contributed by atoms with Gasteiger partial charge >= 0.3 is 0 Å². The van der Waals surface area contributed by atoms with Crippen LogP contribution in [0, 0.1) is 0 Å². The van der Waals surface area contributed by atoms with Gasteiger partial charge in [-0.2, -0.15) is 0 Å². The number of aromatic nitrogens is 1. The highest BCUT2D eigenvalue weighted by Gasteiger charge is 2.03. The third kappa shape index (κ3) is 2.37. The average molecular weight is 230 g/mol. The fraction of sp³-hybridized carbons (Fsp3) is 0.154. The normalized spacial score (nSPS) is 10.2. The van der Waals surface area contributed by atoms with Gasteiger partial charge in [0.1, 0.15) is 11.6 Å². The number of hydrogen-bond acceptors (Lipinski definition) is 4. The second-order valence-corrected chi connectivity index (χ2v) is 3.65. The predicted octanol–water partition coefficient (Wildman–Crippen LogP) is 1.83. The van der Waals surface area contributed by atoms with E-state index in [1.54, 1.807) is 13.3 Å². The van der Waals surface area contributed by atoms with E-state index in [0.717, 1.165) is 16.9 Å². The van der Waals surface area contributed by atoms with Crippen molar-refractivity contribution in [1.29, 1.82) is 0 Å². The van der Waals surface area contributed by atoms with Gasteiger partial charge in [0.25, 0.3) is 0 Å². The Labute approximate surface area is 99.7 Å². The molecule has 3 N–H and O–H groups in total. The van der Waals surface area contributed by atoms with Gasteiger partial charge in [-0.3, -0.25) is 0 Å². The summed E-state index contributed by atoms with van der Waals surface area (Å²) in [5.74, 6) is 1.17. The van der Waals surface area contributed by atoms with Gasteiger partial charge in [-0.1, -0.05) is 12.1 Å². The third-order valence-electron chi connectivity index (χ3n) is 2.60.